The van der Waals surface area contributed by atoms with Crippen molar-refractivity contribution in [1.29, 1.82) is 0 Å². The van der Waals surface area contributed by atoms with E-state index in [-0.39, 0.29) is 19.8 Å². The highest BCUT2D eigenvalue weighted by atomic mass is 35.5. The molecule has 1 heterocycles. The third-order valence-corrected chi connectivity index (χ3v) is 6.46. The number of carbonyl (C=O) groups excluding carboxylic acids is 1. The van der Waals surface area contributed by atoms with Crippen molar-refractivity contribution in [3.8, 4) is 0 Å². The second-order valence-corrected chi connectivity index (χ2v) is 8.45. The van der Waals surface area contributed by atoms with E-state index < -0.39 is 17.2 Å². The Hall–Kier alpha value is -2.92. The average Bonchev–Trinajstić information content (AvgIpc) is 2.96. The Bertz CT molecular complexity index is 1120. The summed E-state index contributed by atoms with van der Waals surface area (Å²) < 4.78 is 18.2. The van der Waals surface area contributed by atoms with Gasteiger partial charge >= 0.3 is 5.97 Å². The minimum Gasteiger partial charge on any atom is -0.462 e. The van der Waals surface area contributed by atoms with Crippen LogP contribution in [0, 0.1) is 0 Å². The predicted octanol–water partition coefficient (Wildman–Crippen LogP) is 5.57. The van der Waals surface area contributed by atoms with Crippen molar-refractivity contribution in [3.63, 3.8) is 0 Å². The molecular formula is C27H23ClO4. The van der Waals surface area contributed by atoms with Gasteiger partial charge in [-0.3, -0.25) is 0 Å². The fourth-order valence-electron chi connectivity index (χ4n) is 4.62. The zero-order valence-electron chi connectivity index (χ0n) is 17.7. The molecule has 3 aromatic carbocycles. The first-order chi connectivity index (χ1) is 15.6. The van der Waals surface area contributed by atoms with E-state index in [4.69, 9.17) is 25.8 Å². The van der Waals surface area contributed by atoms with Gasteiger partial charge in [-0.1, -0.05) is 84.4 Å². The zero-order chi connectivity index (χ0) is 22.2. The van der Waals surface area contributed by atoms with E-state index in [9.17, 15) is 4.79 Å². The molecule has 0 amide bonds. The number of hydrogen-bond donors (Lipinski definition) is 0. The van der Waals surface area contributed by atoms with Crippen LogP contribution >= 0.6 is 11.6 Å². The molecule has 0 saturated carbocycles. The molecule has 0 atom stereocenters. The first-order valence-electron chi connectivity index (χ1n) is 10.7. The van der Waals surface area contributed by atoms with E-state index in [1.165, 1.54) is 0 Å². The van der Waals surface area contributed by atoms with Crippen molar-refractivity contribution >= 4 is 29.7 Å². The lowest BCUT2D eigenvalue weighted by Crippen LogP contribution is -2.55. The summed E-state index contributed by atoms with van der Waals surface area (Å²) in [5.74, 6) is -2.21. The molecule has 4 nitrogen and oxygen atoms in total. The summed E-state index contributed by atoms with van der Waals surface area (Å²) in [4.78, 5) is 13.1. The van der Waals surface area contributed by atoms with Crippen LogP contribution in [0.3, 0.4) is 0 Å². The van der Waals surface area contributed by atoms with Gasteiger partial charge < -0.3 is 14.2 Å². The number of ether oxygens (including phenoxy) is 3. The van der Waals surface area contributed by atoms with Crippen molar-refractivity contribution < 1.29 is 19.0 Å². The van der Waals surface area contributed by atoms with Gasteiger partial charge in [0.25, 0.3) is 5.79 Å². The maximum atomic E-state index is 13.1. The first-order valence-corrected chi connectivity index (χ1v) is 11.1. The minimum absolute atomic E-state index is 0.224. The van der Waals surface area contributed by atoms with E-state index in [0.717, 1.165) is 22.3 Å². The van der Waals surface area contributed by atoms with Crippen LogP contribution in [0.1, 0.15) is 34.7 Å². The van der Waals surface area contributed by atoms with Gasteiger partial charge in [-0.25, -0.2) is 4.79 Å². The Labute approximate surface area is 192 Å². The second-order valence-electron chi connectivity index (χ2n) is 8.01. The molecule has 1 aliphatic heterocycles. The average molecular weight is 447 g/mol. The van der Waals surface area contributed by atoms with Gasteiger partial charge in [-0.2, -0.15) is 0 Å². The SMILES string of the molecule is CCOC(=O)C1(c2ccc(Cl)cc2)OCC2(CO1)c1ccccc1C=Cc1ccccc12. The zero-order valence-corrected chi connectivity index (χ0v) is 18.5. The largest absolute Gasteiger partial charge is 0.462 e. The van der Waals surface area contributed by atoms with Crippen LogP contribution in [0.4, 0.5) is 0 Å². The van der Waals surface area contributed by atoms with Crippen LogP contribution in [-0.4, -0.2) is 25.8 Å². The van der Waals surface area contributed by atoms with Crippen molar-refractivity contribution in [2.45, 2.75) is 18.1 Å². The van der Waals surface area contributed by atoms with Crippen LogP contribution in [0.15, 0.2) is 72.8 Å². The molecule has 1 saturated heterocycles. The lowest BCUT2D eigenvalue weighted by molar-refractivity contribution is -0.290. The second kappa shape index (κ2) is 8.21. The van der Waals surface area contributed by atoms with Crippen molar-refractivity contribution in [3.05, 3.63) is 106 Å². The smallest absolute Gasteiger partial charge is 0.372 e. The highest BCUT2D eigenvalue weighted by molar-refractivity contribution is 6.30. The van der Waals surface area contributed by atoms with Crippen molar-refractivity contribution in [1.82, 2.24) is 0 Å². The maximum Gasteiger partial charge on any atom is 0.372 e. The standard InChI is InChI=1S/C27H23ClO4/c1-2-30-25(29)27(21-13-15-22(28)16-14-21)31-17-26(18-32-27)23-9-5-3-7-19(23)11-12-20-8-4-6-10-24(20)26/h3-16H,2,17-18H2,1H3. The highest BCUT2D eigenvalue weighted by Crippen LogP contribution is 2.47. The van der Waals surface area contributed by atoms with Gasteiger partial charge in [0.2, 0.25) is 0 Å². The molecule has 0 N–H and O–H groups in total. The Morgan fingerprint density at radius 2 is 1.41 bits per heavy atom. The molecule has 1 fully saturated rings. The normalized spacial score (nSPS) is 17.8. The number of carbonyl (C=O) groups is 1. The van der Waals surface area contributed by atoms with Gasteiger partial charge in [0.15, 0.2) is 0 Å². The number of rotatable bonds is 3. The molecule has 3 aromatic rings. The monoisotopic (exact) mass is 446 g/mol. The Morgan fingerprint density at radius 1 is 0.875 bits per heavy atom. The topological polar surface area (TPSA) is 44.8 Å². The quantitative estimate of drug-likeness (QED) is 0.493. The van der Waals surface area contributed by atoms with E-state index >= 15 is 0 Å². The third-order valence-electron chi connectivity index (χ3n) is 6.21. The van der Waals surface area contributed by atoms with Gasteiger partial charge in [-0.05, 0) is 41.3 Å². The van der Waals surface area contributed by atoms with E-state index in [1.54, 1.807) is 31.2 Å². The molecule has 32 heavy (non-hydrogen) atoms. The van der Waals surface area contributed by atoms with Crippen LogP contribution in [0.2, 0.25) is 5.02 Å². The van der Waals surface area contributed by atoms with Crippen LogP contribution < -0.4 is 0 Å². The molecular weight excluding hydrogens is 424 g/mol. The van der Waals surface area contributed by atoms with Crippen molar-refractivity contribution in [2.24, 2.45) is 0 Å². The van der Waals surface area contributed by atoms with Crippen LogP contribution in [0.25, 0.3) is 12.2 Å². The summed E-state index contributed by atoms with van der Waals surface area (Å²) in [6.07, 6.45) is 4.24. The van der Waals surface area contributed by atoms with E-state index in [0.29, 0.717) is 10.6 Å². The third kappa shape index (κ3) is 3.27. The summed E-state index contributed by atoms with van der Waals surface area (Å²) in [5, 5.41) is 0.567. The molecule has 1 spiro atoms. The molecule has 5 rings (SSSR count). The van der Waals surface area contributed by atoms with Crippen LogP contribution in [0.5, 0.6) is 0 Å². The van der Waals surface area contributed by atoms with Crippen LogP contribution in [-0.2, 0) is 30.2 Å². The van der Waals surface area contributed by atoms with Gasteiger partial charge in [-0.15, -0.1) is 0 Å². The number of halogens is 1. The van der Waals surface area contributed by atoms with Gasteiger partial charge in [0.1, 0.15) is 0 Å². The Morgan fingerprint density at radius 3 is 1.94 bits per heavy atom. The number of esters is 1. The Kier molecular flexibility index (Phi) is 5.38. The Balaban J connectivity index is 1.62. The fourth-order valence-corrected chi connectivity index (χ4v) is 4.75. The summed E-state index contributed by atoms with van der Waals surface area (Å²) in [6.45, 7) is 2.50. The summed E-state index contributed by atoms with van der Waals surface area (Å²) in [7, 11) is 0. The molecule has 162 valence electrons. The molecule has 0 aromatic heterocycles. The molecule has 2 aliphatic rings. The summed E-state index contributed by atoms with van der Waals surface area (Å²) >= 11 is 6.08. The first kappa shape index (κ1) is 21.0. The fraction of sp³-hybridized carbons (Fsp3) is 0.222. The van der Waals surface area contributed by atoms with Gasteiger partial charge in [0.05, 0.1) is 25.2 Å². The van der Waals surface area contributed by atoms with E-state index in [1.807, 2.05) is 24.3 Å². The maximum absolute atomic E-state index is 13.1. The number of fused-ring (bicyclic) bond motifs is 4. The molecule has 5 heteroatoms. The van der Waals surface area contributed by atoms with E-state index in [2.05, 4.69) is 36.4 Å². The number of benzene rings is 3. The lowest BCUT2D eigenvalue weighted by atomic mass is 9.72. The molecule has 1 aliphatic carbocycles. The van der Waals surface area contributed by atoms with Gasteiger partial charge in [0, 0.05) is 10.6 Å². The van der Waals surface area contributed by atoms with Crippen molar-refractivity contribution in [2.75, 3.05) is 19.8 Å². The highest BCUT2D eigenvalue weighted by Gasteiger charge is 2.54. The summed E-state index contributed by atoms with van der Waals surface area (Å²) in [5.41, 5.74) is 4.41. The molecule has 0 radical (unpaired) electrons. The summed E-state index contributed by atoms with van der Waals surface area (Å²) in [6, 6.07) is 23.4. The molecule has 0 bridgehead atoms. The number of hydrogen-bond acceptors (Lipinski definition) is 4. The predicted molar refractivity (Wildman–Crippen MR) is 124 cm³/mol. The lowest BCUT2D eigenvalue weighted by Gasteiger charge is -2.46. The minimum atomic E-state index is -1.64. The molecule has 0 unspecified atom stereocenters.